The summed E-state index contributed by atoms with van der Waals surface area (Å²) in [5, 5.41) is 10.6. The Kier molecular flexibility index (Phi) is 2.03. The molecule has 1 heteroatoms. The molecule has 86 valence electrons. The molecule has 4 unspecified atom stereocenters. The second kappa shape index (κ2) is 3.00. The topological polar surface area (TPSA) is 20.2 Å². The highest BCUT2D eigenvalue weighted by Crippen LogP contribution is 2.63. The van der Waals surface area contributed by atoms with Crippen molar-refractivity contribution in [2.45, 2.75) is 64.4 Å². The van der Waals surface area contributed by atoms with E-state index < -0.39 is 0 Å². The number of rotatable bonds is 1. The summed E-state index contributed by atoms with van der Waals surface area (Å²) in [5.41, 5.74) is 0.234. The lowest BCUT2D eigenvalue weighted by atomic mass is 9.45. The summed E-state index contributed by atoms with van der Waals surface area (Å²) in [6.45, 7) is 4.76. The highest BCUT2D eigenvalue weighted by atomic mass is 16.3. The SMILES string of the molecule is CC(C)C12CC3CCC1CCC(O)(C3)C2. The van der Waals surface area contributed by atoms with Crippen molar-refractivity contribution in [3.05, 3.63) is 0 Å². The first-order chi connectivity index (χ1) is 7.04. The Balaban J connectivity index is 2.00. The molecule has 0 aromatic rings. The molecule has 4 atom stereocenters. The fourth-order valence-corrected chi connectivity index (χ4v) is 5.12. The van der Waals surface area contributed by atoms with E-state index in [-0.39, 0.29) is 5.60 Å². The molecular formula is C14H24O. The number of fused-ring (bicyclic) bond motifs is 2. The van der Waals surface area contributed by atoms with Gasteiger partial charge in [-0.25, -0.2) is 0 Å². The molecule has 15 heavy (non-hydrogen) atoms. The Labute approximate surface area is 93.3 Å². The fraction of sp³-hybridized carbons (Fsp3) is 1.00. The summed E-state index contributed by atoms with van der Waals surface area (Å²) in [4.78, 5) is 0. The van der Waals surface area contributed by atoms with E-state index in [9.17, 15) is 5.11 Å². The normalized spacial score (nSPS) is 53.6. The summed E-state index contributed by atoms with van der Waals surface area (Å²) < 4.78 is 0. The molecule has 3 aliphatic carbocycles. The van der Waals surface area contributed by atoms with E-state index in [1.54, 1.807) is 0 Å². The van der Waals surface area contributed by atoms with E-state index >= 15 is 0 Å². The van der Waals surface area contributed by atoms with Crippen LogP contribution in [0.2, 0.25) is 0 Å². The van der Waals surface area contributed by atoms with Crippen LogP contribution < -0.4 is 0 Å². The van der Waals surface area contributed by atoms with Crippen molar-refractivity contribution in [2.24, 2.45) is 23.2 Å². The van der Waals surface area contributed by atoms with Gasteiger partial charge in [-0.2, -0.15) is 0 Å². The third kappa shape index (κ3) is 1.32. The van der Waals surface area contributed by atoms with Crippen LogP contribution in [-0.2, 0) is 0 Å². The zero-order chi connectivity index (χ0) is 10.7. The van der Waals surface area contributed by atoms with Crippen LogP contribution in [0.25, 0.3) is 0 Å². The second-order valence-corrected chi connectivity index (χ2v) is 6.88. The van der Waals surface area contributed by atoms with Crippen molar-refractivity contribution in [2.75, 3.05) is 0 Å². The van der Waals surface area contributed by atoms with Gasteiger partial charge in [0.05, 0.1) is 5.60 Å². The van der Waals surface area contributed by atoms with Gasteiger partial charge >= 0.3 is 0 Å². The van der Waals surface area contributed by atoms with Crippen LogP contribution in [0.3, 0.4) is 0 Å². The molecule has 1 nitrogen and oxygen atoms in total. The Bertz CT molecular complexity index is 273. The van der Waals surface area contributed by atoms with Crippen molar-refractivity contribution in [1.82, 2.24) is 0 Å². The van der Waals surface area contributed by atoms with E-state index in [4.69, 9.17) is 0 Å². The van der Waals surface area contributed by atoms with Crippen LogP contribution in [0, 0.1) is 23.2 Å². The second-order valence-electron chi connectivity index (χ2n) is 6.88. The largest absolute Gasteiger partial charge is 0.390 e. The molecule has 1 N–H and O–H groups in total. The van der Waals surface area contributed by atoms with Crippen molar-refractivity contribution in [1.29, 1.82) is 0 Å². The summed E-state index contributed by atoms with van der Waals surface area (Å²) in [5.74, 6) is 2.52. The van der Waals surface area contributed by atoms with Gasteiger partial charge in [0.25, 0.3) is 0 Å². The molecule has 3 aliphatic rings. The first kappa shape index (κ1) is 10.1. The van der Waals surface area contributed by atoms with Gasteiger partial charge in [0.15, 0.2) is 0 Å². The molecule has 0 aromatic carbocycles. The van der Waals surface area contributed by atoms with Gasteiger partial charge in [-0.3, -0.25) is 0 Å². The predicted molar refractivity (Wildman–Crippen MR) is 61.5 cm³/mol. The minimum atomic E-state index is -0.274. The molecular weight excluding hydrogens is 184 g/mol. The zero-order valence-electron chi connectivity index (χ0n) is 10.1. The molecule has 0 heterocycles. The summed E-state index contributed by atoms with van der Waals surface area (Å²) in [7, 11) is 0. The van der Waals surface area contributed by atoms with Crippen LogP contribution in [0.15, 0.2) is 0 Å². The lowest BCUT2D eigenvalue weighted by Crippen LogP contribution is -2.56. The Hall–Kier alpha value is -0.0400. The fourth-order valence-electron chi connectivity index (χ4n) is 5.12. The van der Waals surface area contributed by atoms with Gasteiger partial charge in [-0.05, 0) is 61.7 Å². The lowest BCUT2D eigenvalue weighted by molar-refractivity contribution is -0.172. The molecule has 0 aromatic heterocycles. The van der Waals surface area contributed by atoms with Gasteiger partial charge in [0.2, 0.25) is 0 Å². The molecule has 0 aliphatic heterocycles. The van der Waals surface area contributed by atoms with Crippen LogP contribution in [0.1, 0.15) is 58.8 Å². The van der Waals surface area contributed by atoms with E-state index in [0.717, 1.165) is 37.0 Å². The average molecular weight is 208 g/mol. The van der Waals surface area contributed by atoms with Crippen LogP contribution in [-0.4, -0.2) is 10.7 Å². The molecule has 0 amide bonds. The number of hydrogen-bond acceptors (Lipinski definition) is 1. The minimum absolute atomic E-state index is 0.274. The van der Waals surface area contributed by atoms with E-state index in [1.807, 2.05) is 0 Å². The Morgan fingerprint density at radius 3 is 2.67 bits per heavy atom. The van der Waals surface area contributed by atoms with E-state index in [2.05, 4.69) is 13.8 Å². The molecule has 3 rings (SSSR count). The van der Waals surface area contributed by atoms with E-state index in [1.165, 1.54) is 25.7 Å². The Morgan fingerprint density at radius 2 is 1.93 bits per heavy atom. The summed E-state index contributed by atoms with van der Waals surface area (Å²) in [6, 6.07) is 0. The monoisotopic (exact) mass is 208 g/mol. The smallest absolute Gasteiger partial charge is 0.0656 e. The lowest BCUT2D eigenvalue weighted by Gasteiger charge is -2.61. The number of aliphatic hydroxyl groups is 1. The summed E-state index contributed by atoms with van der Waals surface area (Å²) >= 11 is 0. The Morgan fingerprint density at radius 1 is 1.13 bits per heavy atom. The quantitative estimate of drug-likeness (QED) is 0.700. The standard InChI is InChI=1S/C14H24O/c1-10(2)14-8-11-3-4-12(14)5-6-13(15,7-11)9-14/h10-12,15H,3-9H2,1-2H3. The van der Waals surface area contributed by atoms with Crippen LogP contribution in [0.4, 0.5) is 0 Å². The third-order valence-electron chi connectivity index (χ3n) is 5.84. The summed E-state index contributed by atoms with van der Waals surface area (Å²) in [6.07, 6.45) is 8.84. The highest BCUT2D eigenvalue weighted by molar-refractivity contribution is 5.08. The highest BCUT2D eigenvalue weighted by Gasteiger charge is 2.57. The molecule has 0 saturated heterocycles. The molecule has 3 saturated carbocycles. The van der Waals surface area contributed by atoms with Crippen molar-refractivity contribution in [3.8, 4) is 0 Å². The van der Waals surface area contributed by atoms with Crippen LogP contribution in [0.5, 0.6) is 0 Å². The molecule has 0 radical (unpaired) electrons. The van der Waals surface area contributed by atoms with Gasteiger partial charge in [-0.1, -0.05) is 20.3 Å². The minimum Gasteiger partial charge on any atom is -0.390 e. The molecule has 3 bridgehead atoms. The van der Waals surface area contributed by atoms with Crippen molar-refractivity contribution < 1.29 is 5.11 Å². The maximum Gasteiger partial charge on any atom is 0.0656 e. The predicted octanol–water partition coefficient (Wildman–Crippen LogP) is 3.36. The zero-order valence-corrected chi connectivity index (χ0v) is 10.1. The van der Waals surface area contributed by atoms with Gasteiger partial charge < -0.3 is 5.11 Å². The first-order valence-corrected chi connectivity index (χ1v) is 6.76. The van der Waals surface area contributed by atoms with Gasteiger partial charge in [-0.15, -0.1) is 0 Å². The maximum absolute atomic E-state index is 10.6. The number of hydrogen-bond donors (Lipinski definition) is 1. The molecule has 3 fully saturated rings. The average Bonchev–Trinajstić information content (AvgIpc) is 2.14. The van der Waals surface area contributed by atoms with E-state index in [0.29, 0.717) is 5.41 Å². The van der Waals surface area contributed by atoms with Gasteiger partial charge in [0, 0.05) is 0 Å². The first-order valence-electron chi connectivity index (χ1n) is 6.76. The van der Waals surface area contributed by atoms with Crippen LogP contribution >= 0.6 is 0 Å². The maximum atomic E-state index is 10.6. The molecule has 0 spiro atoms. The van der Waals surface area contributed by atoms with Crippen molar-refractivity contribution >= 4 is 0 Å². The van der Waals surface area contributed by atoms with Crippen molar-refractivity contribution in [3.63, 3.8) is 0 Å². The van der Waals surface area contributed by atoms with Gasteiger partial charge in [0.1, 0.15) is 0 Å². The third-order valence-corrected chi connectivity index (χ3v) is 5.84.